The summed E-state index contributed by atoms with van der Waals surface area (Å²) in [7, 11) is 0. The third kappa shape index (κ3) is 2.81. The van der Waals surface area contributed by atoms with Crippen molar-refractivity contribution >= 4 is 56.8 Å². The van der Waals surface area contributed by atoms with E-state index in [1.54, 1.807) is 24.3 Å². The minimum absolute atomic E-state index is 0.122. The molecular formula is C13H8BrClFN3OS. The molecule has 1 aliphatic heterocycles. The van der Waals surface area contributed by atoms with Gasteiger partial charge in [0.2, 0.25) is 5.96 Å². The summed E-state index contributed by atoms with van der Waals surface area (Å²) in [5.41, 5.74) is 0.626. The molecule has 2 aromatic carbocycles. The zero-order valence-electron chi connectivity index (χ0n) is 10.3. The van der Waals surface area contributed by atoms with E-state index >= 15 is 0 Å². The van der Waals surface area contributed by atoms with Crippen molar-refractivity contribution in [3.05, 3.63) is 45.6 Å². The number of hydrogen-bond acceptors (Lipinski definition) is 5. The van der Waals surface area contributed by atoms with Crippen molar-refractivity contribution in [1.29, 1.82) is 0 Å². The third-order valence-electron chi connectivity index (χ3n) is 2.74. The number of aromatic hydroxyl groups is 1. The highest BCUT2D eigenvalue weighted by Crippen LogP contribution is 2.46. The van der Waals surface area contributed by atoms with Crippen molar-refractivity contribution in [2.24, 2.45) is 4.99 Å². The summed E-state index contributed by atoms with van der Waals surface area (Å²) >= 11 is 10.5. The first kappa shape index (κ1) is 14.5. The zero-order chi connectivity index (χ0) is 15.0. The van der Waals surface area contributed by atoms with Gasteiger partial charge in [0.05, 0.1) is 15.6 Å². The fourth-order valence-electron chi connectivity index (χ4n) is 1.75. The first-order valence-electron chi connectivity index (χ1n) is 5.80. The average molecular weight is 389 g/mol. The molecule has 0 aromatic heterocycles. The second-order valence-electron chi connectivity index (χ2n) is 4.14. The molecule has 1 aliphatic rings. The molecule has 108 valence electrons. The molecule has 0 atom stereocenters. The van der Waals surface area contributed by atoms with Gasteiger partial charge in [-0.1, -0.05) is 23.7 Å². The second kappa shape index (κ2) is 5.75. The lowest BCUT2D eigenvalue weighted by atomic mass is 10.3. The van der Waals surface area contributed by atoms with Crippen LogP contribution in [0.1, 0.15) is 0 Å². The van der Waals surface area contributed by atoms with E-state index < -0.39 is 5.82 Å². The molecule has 0 fully saturated rings. The molecule has 1 heterocycles. The molecule has 0 radical (unpaired) electrons. The summed E-state index contributed by atoms with van der Waals surface area (Å²) in [6.45, 7) is 0. The number of benzene rings is 2. The minimum atomic E-state index is -0.393. The van der Waals surface area contributed by atoms with Gasteiger partial charge in [0.15, 0.2) is 5.75 Å². The van der Waals surface area contributed by atoms with E-state index in [1.807, 2.05) is 0 Å². The monoisotopic (exact) mass is 387 g/mol. The van der Waals surface area contributed by atoms with Crippen LogP contribution in [-0.2, 0) is 0 Å². The number of para-hydroxylation sites is 1. The third-order valence-corrected chi connectivity index (χ3v) is 4.80. The fraction of sp³-hybridized carbons (Fsp3) is 0. The Hall–Kier alpha value is -1.44. The van der Waals surface area contributed by atoms with E-state index in [0.29, 0.717) is 21.0 Å². The van der Waals surface area contributed by atoms with E-state index in [0.717, 1.165) is 0 Å². The fourth-order valence-corrected chi connectivity index (χ4v) is 3.18. The molecule has 3 N–H and O–H groups in total. The van der Waals surface area contributed by atoms with Crippen LogP contribution in [0, 0.1) is 5.82 Å². The Bertz CT molecular complexity index is 756. The molecule has 0 unspecified atom stereocenters. The topological polar surface area (TPSA) is 56.7 Å². The SMILES string of the molecule is Oc1c(Cl)c(Br)cc2c1N=C(Nc1ccccc1F)NS2. The maximum Gasteiger partial charge on any atom is 0.211 e. The number of hydrogen-bond donors (Lipinski definition) is 3. The molecule has 0 spiro atoms. The summed E-state index contributed by atoms with van der Waals surface area (Å²) in [6, 6.07) is 8.00. The highest BCUT2D eigenvalue weighted by atomic mass is 79.9. The molecule has 2 aromatic rings. The van der Waals surface area contributed by atoms with E-state index in [4.69, 9.17) is 11.6 Å². The lowest BCUT2D eigenvalue weighted by molar-refractivity contribution is 0.475. The molecule has 0 bridgehead atoms. The minimum Gasteiger partial charge on any atom is -0.504 e. The van der Waals surface area contributed by atoms with Gasteiger partial charge in [-0.15, -0.1) is 0 Å². The lowest BCUT2D eigenvalue weighted by Crippen LogP contribution is -2.27. The Morgan fingerprint density at radius 1 is 1.38 bits per heavy atom. The van der Waals surface area contributed by atoms with Crippen molar-refractivity contribution in [1.82, 2.24) is 4.72 Å². The lowest BCUT2D eigenvalue weighted by Gasteiger charge is -2.19. The van der Waals surface area contributed by atoms with Gasteiger partial charge in [-0.2, -0.15) is 0 Å². The number of guanidine groups is 1. The normalized spacial score (nSPS) is 13.2. The highest BCUT2D eigenvalue weighted by Gasteiger charge is 2.20. The van der Waals surface area contributed by atoms with Crippen molar-refractivity contribution in [2.75, 3.05) is 5.32 Å². The average Bonchev–Trinajstić information content (AvgIpc) is 2.48. The predicted molar refractivity (Wildman–Crippen MR) is 86.9 cm³/mol. The number of nitrogens with one attached hydrogen (secondary N) is 2. The molecular weight excluding hydrogens is 381 g/mol. The summed E-state index contributed by atoms with van der Waals surface area (Å²) < 4.78 is 17.1. The van der Waals surface area contributed by atoms with Crippen LogP contribution >= 0.6 is 39.5 Å². The summed E-state index contributed by atoms with van der Waals surface area (Å²) in [5.74, 6) is -0.204. The van der Waals surface area contributed by atoms with E-state index in [-0.39, 0.29) is 16.5 Å². The van der Waals surface area contributed by atoms with Gasteiger partial charge in [0.1, 0.15) is 11.5 Å². The molecule has 0 saturated carbocycles. The number of halogens is 3. The predicted octanol–water partition coefficient (Wildman–Crippen LogP) is 4.66. The van der Waals surface area contributed by atoms with Gasteiger partial charge in [0, 0.05) is 4.47 Å². The van der Waals surface area contributed by atoms with E-state index in [9.17, 15) is 9.50 Å². The first-order chi connectivity index (χ1) is 10.1. The molecule has 0 saturated heterocycles. The van der Waals surface area contributed by atoms with Gasteiger partial charge < -0.3 is 10.4 Å². The van der Waals surface area contributed by atoms with E-state index in [1.165, 1.54) is 18.0 Å². The maximum absolute atomic E-state index is 13.6. The number of fused-ring (bicyclic) bond motifs is 1. The van der Waals surface area contributed by atoms with Crippen molar-refractivity contribution in [3.63, 3.8) is 0 Å². The molecule has 0 amide bonds. The largest absolute Gasteiger partial charge is 0.504 e. The van der Waals surface area contributed by atoms with Crippen molar-refractivity contribution in [2.45, 2.75) is 4.90 Å². The Labute approximate surface area is 137 Å². The second-order valence-corrected chi connectivity index (χ2v) is 6.22. The summed E-state index contributed by atoms with van der Waals surface area (Å²) in [4.78, 5) is 4.95. The van der Waals surface area contributed by atoms with Crippen LogP contribution in [0.15, 0.2) is 44.7 Å². The number of nitrogens with zero attached hydrogens (tertiary/aromatic N) is 1. The Kier molecular flexibility index (Phi) is 3.97. The van der Waals surface area contributed by atoms with Crippen LogP contribution in [0.2, 0.25) is 5.02 Å². The first-order valence-corrected chi connectivity index (χ1v) is 7.79. The summed E-state index contributed by atoms with van der Waals surface area (Å²) in [5, 5.41) is 13.1. The van der Waals surface area contributed by atoms with Crippen molar-refractivity contribution < 1.29 is 9.50 Å². The Morgan fingerprint density at radius 3 is 2.90 bits per heavy atom. The van der Waals surface area contributed by atoms with Gasteiger partial charge in [-0.05, 0) is 46.1 Å². The molecule has 3 rings (SSSR count). The summed E-state index contributed by atoms with van der Waals surface area (Å²) in [6.07, 6.45) is 0. The molecule has 0 aliphatic carbocycles. The quantitative estimate of drug-likeness (QED) is 0.622. The molecule has 8 heteroatoms. The number of rotatable bonds is 1. The standard InChI is InChI=1S/C13H8BrClFN3OS/c14-6-5-9-11(12(20)10(6)15)18-13(19-21-9)17-8-4-2-1-3-7(8)16/h1-5,20H,(H2,17,18,19). The van der Waals surface area contributed by atoms with Gasteiger partial charge in [-0.25, -0.2) is 9.38 Å². The van der Waals surface area contributed by atoms with Gasteiger partial charge >= 0.3 is 0 Å². The number of anilines is 1. The Morgan fingerprint density at radius 2 is 2.14 bits per heavy atom. The van der Waals surface area contributed by atoms with E-state index in [2.05, 4.69) is 31.0 Å². The van der Waals surface area contributed by atoms with Crippen LogP contribution in [0.4, 0.5) is 15.8 Å². The van der Waals surface area contributed by atoms with Gasteiger partial charge in [0.25, 0.3) is 0 Å². The molecule has 4 nitrogen and oxygen atoms in total. The molecule has 21 heavy (non-hydrogen) atoms. The number of aliphatic imine (C=N–C) groups is 1. The van der Waals surface area contributed by atoms with Crippen LogP contribution in [-0.4, -0.2) is 11.1 Å². The zero-order valence-corrected chi connectivity index (χ0v) is 13.5. The Balaban J connectivity index is 1.97. The number of phenolic OH excluding ortho intramolecular Hbond substituents is 1. The smallest absolute Gasteiger partial charge is 0.211 e. The maximum atomic E-state index is 13.6. The van der Waals surface area contributed by atoms with Crippen molar-refractivity contribution in [3.8, 4) is 5.75 Å². The highest BCUT2D eigenvalue weighted by molar-refractivity contribution is 9.10. The van der Waals surface area contributed by atoms with Crippen LogP contribution in [0.3, 0.4) is 0 Å². The van der Waals surface area contributed by atoms with Crippen LogP contribution in [0.5, 0.6) is 5.75 Å². The number of phenols is 1. The van der Waals surface area contributed by atoms with Gasteiger partial charge in [-0.3, -0.25) is 4.72 Å². The van der Waals surface area contributed by atoms with Crippen LogP contribution < -0.4 is 10.0 Å². The van der Waals surface area contributed by atoms with Crippen LogP contribution in [0.25, 0.3) is 0 Å².